The van der Waals surface area contributed by atoms with E-state index in [2.05, 4.69) is 6.92 Å². The summed E-state index contributed by atoms with van der Waals surface area (Å²) in [5.74, 6) is 1.11. The summed E-state index contributed by atoms with van der Waals surface area (Å²) in [4.78, 5) is 13.9. The molecule has 0 bridgehead atoms. The number of carbonyl (C=O) groups excluding carboxylic acids is 1. The normalized spacial score (nSPS) is 10.2. The van der Waals surface area contributed by atoms with Gasteiger partial charge in [-0.3, -0.25) is 4.79 Å². The number of nitrogens with zero attached hydrogens (tertiary/aromatic N) is 1. The van der Waals surface area contributed by atoms with E-state index >= 15 is 0 Å². The number of rotatable bonds is 9. The van der Waals surface area contributed by atoms with Crippen LogP contribution in [0.3, 0.4) is 0 Å². The van der Waals surface area contributed by atoms with Gasteiger partial charge in [0.25, 0.3) is 0 Å². The van der Waals surface area contributed by atoms with E-state index in [1.54, 1.807) is 0 Å². The van der Waals surface area contributed by atoms with Gasteiger partial charge in [0.15, 0.2) is 0 Å². The molecule has 0 atom stereocenters. The van der Waals surface area contributed by atoms with Crippen molar-refractivity contribution in [3.8, 4) is 5.75 Å². The van der Waals surface area contributed by atoms with Gasteiger partial charge in [-0.05, 0) is 31.9 Å². The molecule has 0 heterocycles. The number of para-hydroxylation sites is 1. The lowest BCUT2D eigenvalue weighted by atomic mass is 10.2. The number of ether oxygens (including phenoxy) is 1. The molecule has 0 aliphatic heterocycles. The number of hydrogen-bond acceptors (Lipinski definition) is 2. The highest BCUT2D eigenvalue weighted by molar-refractivity contribution is 5.76. The fourth-order valence-corrected chi connectivity index (χ4v) is 1.90. The Balaban J connectivity index is 2.19. The van der Waals surface area contributed by atoms with Gasteiger partial charge in [-0.25, -0.2) is 0 Å². The highest BCUT2D eigenvalue weighted by atomic mass is 16.5. The number of amides is 1. The SMILES string of the molecule is CCCCN(CC)C(=O)CCCOc1ccccc1. The zero-order chi connectivity index (χ0) is 13.9. The summed E-state index contributed by atoms with van der Waals surface area (Å²) in [6.45, 7) is 6.46. The van der Waals surface area contributed by atoms with Crippen molar-refractivity contribution in [1.29, 1.82) is 0 Å². The molecule has 3 nitrogen and oxygen atoms in total. The second kappa shape index (κ2) is 9.42. The molecule has 1 aromatic carbocycles. The summed E-state index contributed by atoms with van der Waals surface area (Å²) >= 11 is 0. The van der Waals surface area contributed by atoms with Gasteiger partial charge in [-0.2, -0.15) is 0 Å². The smallest absolute Gasteiger partial charge is 0.222 e. The van der Waals surface area contributed by atoms with Crippen LogP contribution in [0, 0.1) is 0 Å². The third-order valence-electron chi connectivity index (χ3n) is 3.06. The Hall–Kier alpha value is -1.51. The zero-order valence-electron chi connectivity index (χ0n) is 12.1. The lowest BCUT2D eigenvalue weighted by molar-refractivity contribution is -0.131. The van der Waals surface area contributed by atoms with E-state index in [4.69, 9.17) is 4.74 Å². The zero-order valence-corrected chi connectivity index (χ0v) is 12.1. The number of benzene rings is 1. The second-order valence-electron chi connectivity index (χ2n) is 4.59. The van der Waals surface area contributed by atoms with Crippen molar-refractivity contribution >= 4 is 5.91 Å². The van der Waals surface area contributed by atoms with E-state index in [0.29, 0.717) is 13.0 Å². The van der Waals surface area contributed by atoms with Crippen molar-refractivity contribution in [1.82, 2.24) is 4.90 Å². The Morgan fingerprint density at radius 1 is 1.16 bits per heavy atom. The third kappa shape index (κ3) is 6.27. The van der Waals surface area contributed by atoms with Crippen molar-refractivity contribution in [2.45, 2.75) is 39.5 Å². The lowest BCUT2D eigenvalue weighted by Gasteiger charge is -2.20. The van der Waals surface area contributed by atoms with Crippen LogP contribution in [0.25, 0.3) is 0 Å². The van der Waals surface area contributed by atoms with Crippen LogP contribution in [0.1, 0.15) is 39.5 Å². The summed E-state index contributed by atoms with van der Waals surface area (Å²) in [7, 11) is 0. The largest absolute Gasteiger partial charge is 0.494 e. The van der Waals surface area contributed by atoms with E-state index < -0.39 is 0 Å². The Labute approximate surface area is 116 Å². The maximum atomic E-state index is 12.0. The molecular formula is C16H25NO2. The van der Waals surface area contributed by atoms with Gasteiger partial charge in [-0.1, -0.05) is 31.5 Å². The van der Waals surface area contributed by atoms with Crippen LogP contribution in [-0.4, -0.2) is 30.5 Å². The van der Waals surface area contributed by atoms with E-state index in [-0.39, 0.29) is 5.91 Å². The van der Waals surface area contributed by atoms with Gasteiger partial charge < -0.3 is 9.64 Å². The highest BCUT2D eigenvalue weighted by Crippen LogP contribution is 2.09. The molecule has 106 valence electrons. The van der Waals surface area contributed by atoms with Crippen molar-refractivity contribution in [2.75, 3.05) is 19.7 Å². The Bertz CT molecular complexity index is 351. The molecule has 0 aliphatic carbocycles. The molecular weight excluding hydrogens is 238 g/mol. The van der Waals surface area contributed by atoms with Gasteiger partial charge in [0.05, 0.1) is 6.61 Å². The molecule has 1 rings (SSSR count). The van der Waals surface area contributed by atoms with Gasteiger partial charge in [0, 0.05) is 19.5 Å². The molecule has 0 aliphatic rings. The van der Waals surface area contributed by atoms with Crippen LogP contribution in [0.5, 0.6) is 5.75 Å². The Morgan fingerprint density at radius 2 is 1.89 bits per heavy atom. The molecule has 0 fully saturated rings. The molecule has 0 unspecified atom stereocenters. The number of carbonyl (C=O) groups is 1. The van der Waals surface area contributed by atoms with Crippen molar-refractivity contribution in [3.05, 3.63) is 30.3 Å². The monoisotopic (exact) mass is 263 g/mol. The maximum Gasteiger partial charge on any atom is 0.222 e. The van der Waals surface area contributed by atoms with E-state index in [0.717, 1.165) is 38.1 Å². The minimum atomic E-state index is 0.243. The van der Waals surface area contributed by atoms with E-state index in [1.807, 2.05) is 42.2 Å². The molecule has 1 amide bonds. The predicted molar refractivity (Wildman–Crippen MR) is 78.3 cm³/mol. The van der Waals surface area contributed by atoms with E-state index in [1.165, 1.54) is 0 Å². The first-order valence-corrected chi connectivity index (χ1v) is 7.23. The van der Waals surface area contributed by atoms with Gasteiger partial charge in [-0.15, -0.1) is 0 Å². The average molecular weight is 263 g/mol. The minimum absolute atomic E-state index is 0.243. The molecule has 0 saturated heterocycles. The second-order valence-corrected chi connectivity index (χ2v) is 4.59. The summed E-state index contributed by atoms with van der Waals surface area (Å²) in [6.07, 6.45) is 3.56. The maximum absolute atomic E-state index is 12.0. The fourth-order valence-electron chi connectivity index (χ4n) is 1.90. The number of hydrogen-bond donors (Lipinski definition) is 0. The van der Waals surface area contributed by atoms with Crippen LogP contribution in [0.4, 0.5) is 0 Å². The van der Waals surface area contributed by atoms with Crippen LogP contribution >= 0.6 is 0 Å². The van der Waals surface area contributed by atoms with Crippen molar-refractivity contribution in [2.24, 2.45) is 0 Å². The first kappa shape index (κ1) is 15.5. The van der Waals surface area contributed by atoms with Crippen LogP contribution < -0.4 is 4.74 Å². The molecule has 3 heteroatoms. The minimum Gasteiger partial charge on any atom is -0.494 e. The molecule has 1 aromatic rings. The molecule has 0 aromatic heterocycles. The van der Waals surface area contributed by atoms with Gasteiger partial charge >= 0.3 is 0 Å². The topological polar surface area (TPSA) is 29.5 Å². The molecule has 0 spiro atoms. The Morgan fingerprint density at radius 3 is 2.53 bits per heavy atom. The third-order valence-corrected chi connectivity index (χ3v) is 3.06. The summed E-state index contributed by atoms with van der Waals surface area (Å²) < 4.78 is 5.58. The van der Waals surface area contributed by atoms with Crippen LogP contribution in [0.2, 0.25) is 0 Å². The first-order chi connectivity index (χ1) is 9.27. The predicted octanol–water partition coefficient (Wildman–Crippen LogP) is 3.49. The summed E-state index contributed by atoms with van der Waals surface area (Å²) in [5, 5.41) is 0. The van der Waals surface area contributed by atoms with Gasteiger partial charge in [0.2, 0.25) is 5.91 Å². The van der Waals surface area contributed by atoms with Crippen molar-refractivity contribution < 1.29 is 9.53 Å². The first-order valence-electron chi connectivity index (χ1n) is 7.23. The average Bonchev–Trinajstić information content (AvgIpc) is 2.45. The molecule has 0 N–H and O–H groups in total. The molecule has 19 heavy (non-hydrogen) atoms. The van der Waals surface area contributed by atoms with Gasteiger partial charge in [0.1, 0.15) is 5.75 Å². The lowest BCUT2D eigenvalue weighted by Crippen LogP contribution is -2.31. The van der Waals surface area contributed by atoms with Crippen molar-refractivity contribution in [3.63, 3.8) is 0 Å². The Kier molecular flexibility index (Phi) is 7.71. The van der Waals surface area contributed by atoms with Crippen LogP contribution in [-0.2, 0) is 4.79 Å². The van der Waals surface area contributed by atoms with Crippen LogP contribution in [0.15, 0.2) is 30.3 Å². The summed E-state index contributed by atoms with van der Waals surface area (Å²) in [6, 6.07) is 9.72. The quantitative estimate of drug-likeness (QED) is 0.638. The molecule has 0 saturated carbocycles. The number of unbranched alkanes of at least 4 members (excludes halogenated alkanes) is 1. The summed E-state index contributed by atoms with van der Waals surface area (Å²) in [5.41, 5.74) is 0. The standard InChI is InChI=1S/C16H25NO2/c1-3-5-13-17(4-2)16(18)12-9-14-19-15-10-7-6-8-11-15/h6-8,10-11H,3-5,9,12-14H2,1-2H3. The van der Waals surface area contributed by atoms with E-state index in [9.17, 15) is 4.79 Å². The highest BCUT2D eigenvalue weighted by Gasteiger charge is 2.10. The fraction of sp³-hybridized carbons (Fsp3) is 0.562. The molecule has 0 radical (unpaired) electrons.